The summed E-state index contributed by atoms with van der Waals surface area (Å²) in [5, 5.41) is 11.7. The summed E-state index contributed by atoms with van der Waals surface area (Å²) < 4.78 is 28.2. The zero-order valence-electron chi connectivity index (χ0n) is 14.7. The van der Waals surface area contributed by atoms with Crippen LogP contribution in [0.2, 0.25) is 0 Å². The van der Waals surface area contributed by atoms with E-state index >= 15 is 0 Å². The summed E-state index contributed by atoms with van der Waals surface area (Å²) in [5.74, 6) is -1.00. The molecule has 0 fully saturated rings. The standard InChI is InChI=1S/C17H25NO6S/c1-4-12(2)16(17(20)21)18-15(19)6-5-11-24-13-7-9-14(10-8-13)25(3,22)23/h7-10,12,16H,4-6,11H2,1-3H3,(H,18,19)(H,20,21)/t12-,16-/m0/s1. The Hall–Kier alpha value is -2.09. The number of carboxylic acids is 1. The minimum atomic E-state index is -3.24. The Labute approximate surface area is 148 Å². The molecule has 7 nitrogen and oxygen atoms in total. The Morgan fingerprint density at radius 1 is 1.24 bits per heavy atom. The van der Waals surface area contributed by atoms with Gasteiger partial charge in [0.25, 0.3) is 0 Å². The van der Waals surface area contributed by atoms with Crippen LogP contribution in [0.4, 0.5) is 0 Å². The summed E-state index contributed by atoms with van der Waals surface area (Å²) in [6.45, 7) is 3.92. The molecule has 1 aromatic rings. The van der Waals surface area contributed by atoms with Crippen molar-refractivity contribution in [1.29, 1.82) is 0 Å². The van der Waals surface area contributed by atoms with Gasteiger partial charge >= 0.3 is 5.97 Å². The number of benzene rings is 1. The maximum Gasteiger partial charge on any atom is 0.326 e. The minimum Gasteiger partial charge on any atom is -0.494 e. The highest BCUT2D eigenvalue weighted by Crippen LogP contribution is 2.16. The van der Waals surface area contributed by atoms with Gasteiger partial charge in [-0.3, -0.25) is 4.79 Å². The van der Waals surface area contributed by atoms with Crippen molar-refractivity contribution in [2.24, 2.45) is 5.92 Å². The fourth-order valence-corrected chi connectivity index (χ4v) is 2.76. The number of carbonyl (C=O) groups excluding carboxylic acids is 1. The van der Waals surface area contributed by atoms with Crippen LogP contribution in [0.1, 0.15) is 33.1 Å². The summed E-state index contributed by atoms with van der Waals surface area (Å²) in [7, 11) is -3.24. The van der Waals surface area contributed by atoms with E-state index in [9.17, 15) is 18.0 Å². The van der Waals surface area contributed by atoms with Gasteiger partial charge in [-0.2, -0.15) is 0 Å². The van der Waals surface area contributed by atoms with Gasteiger partial charge < -0.3 is 15.2 Å². The van der Waals surface area contributed by atoms with Crippen molar-refractivity contribution >= 4 is 21.7 Å². The lowest BCUT2D eigenvalue weighted by Crippen LogP contribution is -2.45. The lowest BCUT2D eigenvalue weighted by atomic mass is 9.99. The van der Waals surface area contributed by atoms with Crippen molar-refractivity contribution < 1.29 is 27.9 Å². The molecule has 8 heteroatoms. The average molecular weight is 371 g/mol. The molecule has 0 aliphatic heterocycles. The third-order valence-corrected chi connectivity index (χ3v) is 4.99. The van der Waals surface area contributed by atoms with Crippen molar-refractivity contribution in [2.45, 2.75) is 44.0 Å². The number of nitrogens with one attached hydrogen (secondary N) is 1. The second kappa shape index (κ2) is 9.41. The third-order valence-electron chi connectivity index (χ3n) is 3.86. The molecular formula is C17H25NO6S. The quantitative estimate of drug-likeness (QED) is 0.608. The van der Waals surface area contributed by atoms with Gasteiger partial charge in [0, 0.05) is 12.7 Å². The number of hydrogen-bond donors (Lipinski definition) is 2. The first-order valence-electron chi connectivity index (χ1n) is 8.10. The van der Waals surface area contributed by atoms with Gasteiger partial charge in [0.1, 0.15) is 11.8 Å². The van der Waals surface area contributed by atoms with E-state index in [1.165, 1.54) is 12.1 Å². The molecule has 0 spiro atoms. The topological polar surface area (TPSA) is 110 Å². The first-order valence-corrected chi connectivity index (χ1v) is 9.99. The van der Waals surface area contributed by atoms with E-state index in [0.29, 0.717) is 18.6 Å². The van der Waals surface area contributed by atoms with E-state index in [-0.39, 0.29) is 29.7 Å². The van der Waals surface area contributed by atoms with Crippen LogP contribution in [0.15, 0.2) is 29.2 Å². The van der Waals surface area contributed by atoms with Crippen molar-refractivity contribution in [3.05, 3.63) is 24.3 Å². The summed E-state index contributed by atoms with van der Waals surface area (Å²) in [6, 6.07) is 5.14. The van der Waals surface area contributed by atoms with Gasteiger partial charge in [0.15, 0.2) is 9.84 Å². The molecule has 1 amide bonds. The SMILES string of the molecule is CC[C@H](C)[C@H](NC(=O)CCCOc1ccc(S(C)(=O)=O)cc1)C(=O)O. The van der Waals surface area contributed by atoms with E-state index in [1.807, 2.05) is 6.92 Å². The molecule has 0 unspecified atom stereocenters. The normalized spacial score (nSPS) is 13.7. The first kappa shape index (κ1) is 21.0. The Morgan fingerprint density at radius 2 is 1.84 bits per heavy atom. The minimum absolute atomic E-state index is 0.147. The summed E-state index contributed by atoms with van der Waals surface area (Å²) >= 11 is 0. The summed E-state index contributed by atoms with van der Waals surface area (Å²) in [5.41, 5.74) is 0. The molecule has 2 atom stereocenters. The molecule has 2 N–H and O–H groups in total. The molecule has 140 valence electrons. The van der Waals surface area contributed by atoms with Crippen molar-refractivity contribution in [1.82, 2.24) is 5.32 Å². The van der Waals surface area contributed by atoms with Gasteiger partial charge in [-0.15, -0.1) is 0 Å². The molecule has 1 aromatic carbocycles. The van der Waals surface area contributed by atoms with Gasteiger partial charge in [-0.25, -0.2) is 13.2 Å². The van der Waals surface area contributed by atoms with Gasteiger partial charge in [-0.05, 0) is 36.6 Å². The highest BCUT2D eigenvalue weighted by molar-refractivity contribution is 7.90. The Kier molecular flexibility index (Phi) is 7.89. The van der Waals surface area contributed by atoms with Crippen molar-refractivity contribution in [2.75, 3.05) is 12.9 Å². The fourth-order valence-electron chi connectivity index (χ4n) is 2.13. The number of aliphatic carboxylic acids is 1. The number of carbonyl (C=O) groups is 2. The molecule has 0 aromatic heterocycles. The molecule has 25 heavy (non-hydrogen) atoms. The highest BCUT2D eigenvalue weighted by atomic mass is 32.2. The largest absolute Gasteiger partial charge is 0.494 e. The smallest absolute Gasteiger partial charge is 0.326 e. The Bertz CT molecular complexity index is 684. The van der Waals surface area contributed by atoms with Crippen LogP contribution in [-0.4, -0.2) is 44.3 Å². The molecule has 0 aliphatic rings. The van der Waals surface area contributed by atoms with Crippen LogP contribution in [0.3, 0.4) is 0 Å². The van der Waals surface area contributed by atoms with Crippen LogP contribution in [0.5, 0.6) is 5.75 Å². The lowest BCUT2D eigenvalue weighted by molar-refractivity contribution is -0.143. The van der Waals surface area contributed by atoms with E-state index in [2.05, 4.69) is 5.32 Å². The van der Waals surface area contributed by atoms with Gasteiger partial charge in [0.2, 0.25) is 5.91 Å². The molecule has 0 heterocycles. The Morgan fingerprint density at radius 3 is 2.32 bits per heavy atom. The molecule has 0 radical (unpaired) electrons. The first-order chi connectivity index (χ1) is 11.6. The second-order valence-electron chi connectivity index (χ2n) is 5.96. The van der Waals surface area contributed by atoms with Crippen LogP contribution >= 0.6 is 0 Å². The monoisotopic (exact) mass is 371 g/mol. The van der Waals surface area contributed by atoms with Crippen LogP contribution in [0.25, 0.3) is 0 Å². The molecule has 0 saturated carbocycles. The second-order valence-corrected chi connectivity index (χ2v) is 7.98. The van der Waals surface area contributed by atoms with Crippen molar-refractivity contribution in [3.63, 3.8) is 0 Å². The molecule has 0 aliphatic carbocycles. The predicted molar refractivity (Wildman–Crippen MR) is 93.3 cm³/mol. The lowest BCUT2D eigenvalue weighted by Gasteiger charge is -2.20. The summed E-state index contributed by atoms with van der Waals surface area (Å²) in [4.78, 5) is 23.2. The predicted octanol–water partition coefficient (Wildman–Crippen LogP) is 1.86. The zero-order chi connectivity index (χ0) is 19.0. The van der Waals surface area contributed by atoms with Crippen molar-refractivity contribution in [3.8, 4) is 5.75 Å². The maximum absolute atomic E-state index is 11.8. The highest BCUT2D eigenvalue weighted by Gasteiger charge is 2.24. The number of rotatable bonds is 10. The number of hydrogen-bond acceptors (Lipinski definition) is 5. The van der Waals surface area contributed by atoms with E-state index in [0.717, 1.165) is 6.26 Å². The van der Waals surface area contributed by atoms with E-state index in [4.69, 9.17) is 9.84 Å². The number of amides is 1. The van der Waals surface area contributed by atoms with Gasteiger partial charge in [0.05, 0.1) is 11.5 Å². The molecule has 0 saturated heterocycles. The molecule has 1 rings (SSSR count). The zero-order valence-corrected chi connectivity index (χ0v) is 15.5. The maximum atomic E-state index is 11.8. The van der Waals surface area contributed by atoms with Crippen LogP contribution in [0, 0.1) is 5.92 Å². The van der Waals surface area contributed by atoms with E-state index < -0.39 is 21.8 Å². The third kappa shape index (κ3) is 7.13. The number of ether oxygens (including phenoxy) is 1. The van der Waals surface area contributed by atoms with Crippen LogP contribution in [-0.2, 0) is 19.4 Å². The number of carboxylic acid groups (broad SMARTS) is 1. The number of sulfone groups is 1. The molecule has 0 bridgehead atoms. The fraction of sp³-hybridized carbons (Fsp3) is 0.529. The molecular weight excluding hydrogens is 346 g/mol. The average Bonchev–Trinajstić information content (AvgIpc) is 2.55. The van der Waals surface area contributed by atoms with Gasteiger partial charge in [-0.1, -0.05) is 20.3 Å². The van der Waals surface area contributed by atoms with E-state index in [1.54, 1.807) is 19.1 Å². The van der Waals surface area contributed by atoms with Crippen LogP contribution < -0.4 is 10.1 Å². The Balaban J connectivity index is 2.40. The summed E-state index contributed by atoms with van der Waals surface area (Å²) in [6.07, 6.45) is 2.36.